The van der Waals surface area contributed by atoms with Crippen LogP contribution < -0.4 is 15.4 Å². The van der Waals surface area contributed by atoms with Crippen molar-refractivity contribution >= 4 is 27.5 Å². The van der Waals surface area contributed by atoms with Gasteiger partial charge in [-0.25, -0.2) is 18.1 Å². The minimum atomic E-state index is -3.54. The van der Waals surface area contributed by atoms with Gasteiger partial charge in [-0.3, -0.25) is 0 Å². The first-order valence-electron chi connectivity index (χ1n) is 7.03. The number of hydrogen-bond donors (Lipinski definition) is 3. The first-order chi connectivity index (χ1) is 11.1. The van der Waals surface area contributed by atoms with Crippen LogP contribution >= 0.6 is 0 Å². The van der Waals surface area contributed by atoms with Gasteiger partial charge in [-0.15, -0.1) is 6.42 Å². The number of benzene rings is 1. The number of terminal acetylenes is 1. The smallest absolute Gasteiger partial charge is 0.240 e. The van der Waals surface area contributed by atoms with E-state index in [0.717, 1.165) is 0 Å². The van der Waals surface area contributed by atoms with Gasteiger partial charge in [-0.2, -0.15) is 4.98 Å². The van der Waals surface area contributed by atoms with Gasteiger partial charge in [0.25, 0.3) is 0 Å². The summed E-state index contributed by atoms with van der Waals surface area (Å²) in [6, 6.07) is 6.47. The highest BCUT2D eigenvalue weighted by Crippen LogP contribution is 2.20. The molecule has 0 fully saturated rings. The Morgan fingerprint density at radius 3 is 2.96 bits per heavy atom. The van der Waals surface area contributed by atoms with E-state index in [0.29, 0.717) is 42.5 Å². The van der Waals surface area contributed by atoms with E-state index in [2.05, 4.69) is 31.2 Å². The number of aromatic nitrogens is 2. The molecule has 0 unspecified atom stereocenters. The quantitative estimate of drug-likeness (QED) is 0.631. The van der Waals surface area contributed by atoms with Crippen LogP contribution in [0.25, 0.3) is 0 Å². The van der Waals surface area contributed by atoms with Crippen molar-refractivity contribution in [3.05, 3.63) is 36.0 Å². The van der Waals surface area contributed by atoms with E-state index >= 15 is 0 Å². The second-order valence-corrected chi connectivity index (χ2v) is 6.70. The van der Waals surface area contributed by atoms with Gasteiger partial charge >= 0.3 is 0 Å². The molecule has 3 N–H and O–H groups in total. The third-order valence-electron chi connectivity index (χ3n) is 3.28. The largest absolute Gasteiger partial charge is 0.369 e. The Kier molecular flexibility index (Phi) is 4.14. The highest BCUT2D eigenvalue weighted by molar-refractivity contribution is 7.89. The van der Waals surface area contributed by atoms with Crippen molar-refractivity contribution < 1.29 is 8.42 Å². The fourth-order valence-corrected chi connectivity index (χ4v) is 3.26. The maximum atomic E-state index is 12.2. The van der Waals surface area contributed by atoms with E-state index in [1.807, 2.05) is 0 Å². The first-order valence-corrected chi connectivity index (χ1v) is 8.51. The fourth-order valence-electron chi connectivity index (χ4n) is 2.14. The summed E-state index contributed by atoms with van der Waals surface area (Å²) in [4.78, 5) is 8.69. The SMILES string of the molecule is C#Cc1cnc2nc1NCCCNS(=O)(=O)c1cccc(c1)N2. The summed E-state index contributed by atoms with van der Waals surface area (Å²) in [6.45, 7) is 0.849. The summed E-state index contributed by atoms with van der Waals surface area (Å²) in [6.07, 6.45) is 7.59. The van der Waals surface area contributed by atoms with E-state index in [1.165, 1.54) is 6.07 Å². The van der Waals surface area contributed by atoms with Crippen molar-refractivity contribution in [3.8, 4) is 12.3 Å². The molecular formula is C15H15N5O2S. The van der Waals surface area contributed by atoms with Crippen LogP contribution in [0.3, 0.4) is 0 Å². The van der Waals surface area contributed by atoms with Crippen LogP contribution in [-0.2, 0) is 10.0 Å². The maximum Gasteiger partial charge on any atom is 0.240 e. The second-order valence-electron chi connectivity index (χ2n) is 4.93. The summed E-state index contributed by atoms with van der Waals surface area (Å²) < 4.78 is 27.0. The standard InChI is InChI=1S/C15H15N5O2S/c1-2-11-10-17-15-19-12-5-3-6-13(9-12)23(21,22)18-8-4-7-16-14(11)20-15/h1,3,5-6,9-10,18H,4,7-8H2,(H2,16,17,19,20). The lowest BCUT2D eigenvalue weighted by Gasteiger charge is -2.09. The topological polar surface area (TPSA) is 96.0 Å². The summed E-state index contributed by atoms with van der Waals surface area (Å²) in [5.41, 5.74) is 1.13. The second kappa shape index (κ2) is 6.24. The van der Waals surface area contributed by atoms with Crippen molar-refractivity contribution in [2.75, 3.05) is 23.7 Å². The van der Waals surface area contributed by atoms with E-state index in [-0.39, 0.29) is 4.90 Å². The predicted molar refractivity (Wildman–Crippen MR) is 88.0 cm³/mol. The lowest BCUT2D eigenvalue weighted by molar-refractivity contribution is 0.580. The third-order valence-corrected chi connectivity index (χ3v) is 4.74. The molecule has 1 aromatic heterocycles. The van der Waals surface area contributed by atoms with Gasteiger partial charge in [-0.1, -0.05) is 12.0 Å². The molecule has 0 saturated carbocycles. The van der Waals surface area contributed by atoms with Crippen molar-refractivity contribution in [2.24, 2.45) is 0 Å². The molecule has 0 atom stereocenters. The van der Waals surface area contributed by atoms with Crippen LogP contribution in [0.5, 0.6) is 0 Å². The van der Waals surface area contributed by atoms with Crippen molar-refractivity contribution in [3.63, 3.8) is 0 Å². The first kappa shape index (κ1) is 15.3. The van der Waals surface area contributed by atoms with Crippen LogP contribution in [0.15, 0.2) is 35.4 Å². The van der Waals surface area contributed by atoms with Crippen molar-refractivity contribution in [1.29, 1.82) is 0 Å². The summed E-state index contributed by atoms with van der Waals surface area (Å²) in [5.74, 6) is 3.41. The average Bonchev–Trinajstić information content (AvgIpc) is 2.55. The Morgan fingerprint density at radius 1 is 1.26 bits per heavy atom. The van der Waals surface area contributed by atoms with Gasteiger partial charge in [0.2, 0.25) is 16.0 Å². The molecule has 4 bridgehead atoms. The zero-order chi connectivity index (χ0) is 16.3. The van der Waals surface area contributed by atoms with Gasteiger partial charge in [0.05, 0.1) is 16.7 Å². The van der Waals surface area contributed by atoms with Crippen LogP contribution in [0, 0.1) is 12.3 Å². The van der Waals surface area contributed by atoms with E-state index in [4.69, 9.17) is 6.42 Å². The van der Waals surface area contributed by atoms with E-state index in [1.54, 1.807) is 24.4 Å². The Morgan fingerprint density at radius 2 is 2.13 bits per heavy atom. The molecule has 8 heteroatoms. The number of nitrogens with zero attached hydrogens (tertiary/aromatic N) is 2. The zero-order valence-electron chi connectivity index (χ0n) is 12.2. The Bertz CT molecular complexity index is 874. The molecule has 2 aromatic rings. The molecule has 23 heavy (non-hydrogen) atoms. The summed E-state index contributed by atoms with van der Waals surface area (Å²) in [7, 11) is -3.54. The number of hydrogen-bond acceptors (Lipinski definition) is 6. The minimum Gasteiger partial charge on any atom is -0.369 e. The summed E-state index contributed by atoms with van der Waals surface area (Å²) in [5, 5.41) is 6.10. The molecule has 0 spiro atoms. The number of nitrogens with one attached hydrogen (secondary N) is 3. The highest BCUT2D eigenvalue weighted by Gasteiger charge is 2.15. The van der Waals surface area contributed by atoms with Gasteiger partial charge in [0.1, 0.15) is 5.82 Å². The molecule has 7 nitrogen and oxygen atoms in total. The van der Waals surface area contributed by atoms with Gasteiger partial charge in [0.15, 0.2) is 0 Å². The van der Waals surface area contributed by atoms with Crippen molar-refractivity contribution in [2.45, 2.75) is 11.3 Å². The maximum absolute atomic E-state index is 12.2. The molecule has 0 saturated heterocycles. The van der Waals surface area contributed by atoms with Crippen LogP contribution in [-0.4, -0.2) is 31.5 Å². The molecule has 0 radical (unpaired) electrons. The van der Waals surface area contributed by atoms with Gasteiger partial charge < -0.3 is 10.6 Å². The molecule has 1 aliphatic heterocycles. The molecule has 3 rings (SSSR count). The number of rotatable bonds is 0. The zero-order valence-corrected chi connectivity index (χ0v) is 13.0. The fraction of sp³-hybridized carbons (Fsp3) is 0.200. The molecular weight excluding hydrogens is 314 g/mol. The molecule has 2 heterocycles. The monoisotopic (exact) mass is 329 g/mol. The van der Waals surface area contributed by atoms with Crippen molar-refractivity contribution in [1.82, 2.24) is 14.7 Å². The predicted octanol–water partition coefficient (Wildman–Crippen LogP) is 1.30. The van der Waals surface area contributed by atoms with Gasteiger partial charge in [0, 0.05) is 18.8 Å². The normalized spacial score (nSPS) is 16.5. The average molecular weight is 329 g/mol. The number of sulfonamides is 1. The molecule has 0 aliphatic carbocycles. The Hall–Kier alpha value is -2.63. The molecule has 1 aromatic carbocycles. The Labute approximate surface area is 134 Å². The number of anilines is 3. The van der Waals surface area contributed by atoms with Gasteiger partial charge in [-0.05, 0) is 24.6 Å². The van der Waals surface area contributed by atoms with E-state index in [9.17, 15) is 8.42 Å². The lowest BCUT2D eigenvalue weighted by Crippen LogP contribution is -2.26. The van der Waals surface area contributed by atoms with Crippen LogP contribution in [0.1, 0.15) is 12.0 Å². The molecule has 0 amide bonds. The van der Waals surface area contributed by atoms with Crippen LogP contribution in [0.4, 0.5) is 17.5 Å². The Balaban J connectivity index is 2.04. The summed E-state index contributed by atoms with van der Waals surface area (Å²) >= 11 is 0. The lowest BCUT2D eigenvalue weighted by atomic mass is 10.3. The molecule has 1 aliphatic rings. The molecule has 118 valence electrons. The van der Waals surface area contributed by atoms with Crippen LogP contribution in [0.2, 0.25) is 0 Å². The minimum absolute atomic E-state index is 0.190. The van der Waals surface area contributed by atoms with E-state index < -0.39 is 10.0 Å². The highest BCUT2D eigenvalue weighted by atomic mass is 32.2. The third kappa shape index (κ3) is 3.41. The number of fused-ring (bicyclic) bond motifs is 4.